The first kappa shape index (κ1) is 22.3. The first-order valence-electron chi connectivity index (χ1n) is 9.72. The van der Waals surface area contributed by atoms with Crippen LogP contribution in [0, 0.1) is 0 Å². The smallest absolute Gasteiger partial charge is 0.245 e. The molecule has 1 N–H and O–H groups in total. The van der Waals surface area contributed by atoms with Crippen molar-refractivity contribution in [3.8, 4) is 11.5 Å². The third-order valence-electron chi connectivity index (χ3n) is 4.34. The lowest BCUT2D eigenvalue weighted by Crippen LogP contribution is -2.33. The van der Waals surface area contributed by atoms with Crippen molar-refractivity contribution in [1.82, 2.24) is 5.43 Å². The summed E-state index contributed by atoms with van der Waals surface area (Å²) in [5.41, 5.74) is 4.31. The van der Waals surface area contributed by atoms with Gasteiger partial charge < -0.3 is 18.9 Å². The number of hydrogen-bond donors (Lipinski definition) is 1. The summed E-state index contributed by atoms with van der Waals surface area (Å²) in [4.78, 5) is 12.1. The fourth-order valence-corrected chi connectivity index (χ4v) is 3.54. The van der Waals surface area contributed by atoms with Crippen LogP contribution in [0.5, 0.6) is 11.5 Å². The highest BCUT2D eigenvalue weighted by Crippen LogP contribution is 2.37. The van der Waals surface area contributed by atoms with Crippen molar-refractivity contribution in [2.75, 3.05) is 19.8 Å². The van der Waals surface area contributed by atoms with E-state index in [1.807, 2.05) is 49.4 Å². The zero-order valence-corrected chi connectivity index (χ0v) is 18.6. The maximum Gasteiger partial charge on any atom is 0.245 e. The van der Waals surface area contributed by atoms with E-state index >= 15 is 0 Å². The summed E-state index contributed by atoms with van der Waals surface area (Å²) in [7, 11) is 0. The molecule has 1 aliphatic heterocycles. The molecule has 1 aliphatic rings. The van der Waals surface area contributed by atoms with Crippen molar-refractivity contribution in [1.29, 1.82) is 0 Å². The fourth-order valence-electron chi connectivity index (χ4n) is 2.96. The third kappa shape index (κ3) is 6.29. The van der Waals surface area contributed by atoms with E-state index in [1.165, 1.54) is 0 Å². The van der Waals surface area contributed by atoms with E-state index in [1.54, 1.807) is 13.1 Å². The molecule has 1 heterocycles. The van der Waals surface area contributed by atoms with E-state index in [4.69, 9.17) is 18.9 Å². The number of carbonyl (C=O) groups excluding carboxylic acids is 1. The van der Waals surface area contributed by atoms with Gasteiger partial charge in [-0.25, -0.2) is 5.43 Å². The molecular weight excluding hydrogens is 452 g/mol. The lowest BCUT2D eigenvalue weighted by atomic mass is 10.2. The van der Waals surface area contributed by atoms with E-state index in [2.05, 4.69) is 26.5 Å². The first-order valence-corrected chi connectivity index (χ1v) is 10.5. The average molecular weight is 477 g/mol. The Labute approximate surface area is 184 Å². The minimum absolute atomic E-state index is 0.0739. The number of ether oxygens (including phenoxy) is 4. The number of hydrazone groups is 1. The standard InChI is InChI=1S/C22H25BrN2O5/c1-3-27-19-12-17(14-24-25-20(26)13-22(2)29-9-10-30-22)11-18(23)21(19)28-15-16-7-5-4-6-8-16/h4-8,11-12,14H,3,9-10,13,15H2,1-2H3,(H,25,26)/b24-14-. The topological polar surface area (TPSA) is 78.4 Å². The maximum atomic E-state index is 12.1. The van der Waals surface area contributed by atoms with Crippen LogP contribution in [0.15, 0.2) is 52.0 Å². The molecule has 0 radical (unpaired) electrons. The third-order valence-corrected chi connectivity index (χ3v) is 4.93. The highest BCUT2D eigenvalue weighted by atomic mass is 79.9. The van der Waals surface area contributed by atoms with Crippen LogP contribution in [0.2, 0.25) is 0 Å². The molecule has 2 aromatic carbocycles. The summed E-state index contributed by atoms with van der Waals surface area (Å²) >= 11 is 3.54. The molecule has 0 spiro atoms. The lowest BCUT2D eigenvalue weighted by molar-refractivity contribution is -0.159. The van der Waals surface area contributed by atoms with Crippen molar-refractivity contribution in [3.63, 3.8) is 0 Å². The van der Waals surface area contributed by atoms with Crippen LogP contribution in [0.3, 0.4) is 0 Å². The van der Waals surface area contributed by atoms with Crippen molar-refractivity contribution < 1.29 is 23.7 Å². The van der Waals surface area contributed by atoms with Gasteiger partial charge in [-0.3, -0.25) is 4.79 Å². The molecule has 8 heteroatoms. The summed E-state index contributed by atoms with van der Waals surface area (Å²) in [6.45, 7) is 5.53. The Bertz CT molecular complexity index is 883. The van der Waals surface area contributed by atoms with Crippen molar-refractivity contribution in [2.24, 2.45) is 5.10 Å². The highest BCUT2D eigenvalue weighted by Gasteiger charge is 2.33. The Morgan fingerprint density at radius 1 is 1.23 bits per heavy atom. The molecule has 0 bridgehead atoms. The molecule has 3 rings (SSSR count). The van der Waals surface area contributed by atoms with Crippen LogP contribution in [0.4, 0.5) is 0 Å². The van der Waals surface area contributed by atoms with Crippen LogP contribution in [0.1, 0.15) is 31.4 Å². The number of rotatable bonds is 9. The Kier molecular flexibility index (Phi) is 7.84. The Morgan fingerprint density at radius 2 is 1.97 bits per heavy atom. The molecule has 2 aromatic rings. The van der Waals surface area contributed by atoms with Gasteiger partial charge in [0.15, 0.2) is 17.3 Å². The van der Waals surface area contributed by atoms with E-state index in [0.29, 0.717) is 37.9 Å². The number of nitrogens with one attached hydrogen (secondary N) is 1. The molecule has 1 fully saturated rings. The van der Waals surface area contributed by atoms with Gasteiger partial charge in [0.1, 0.15) is 6.61 Å². The molecular formula is C22H25BrN2O5. The molecule has 1 amide bonds. The lowest BCUT2D eigenvalue weighted by Gasteiger charge is -2.20. The van der Waals surface area contributed by atoms with Gasteiger partial charge in [-0.1, -0.05) is 30.3 Å². The number of carbonyl (C=O) groups is 1. The summed E-state index contributed by atoms with van der Waals surface area (Å²) in [6.07, 6.45) is 1.62. The number of hydrogen-bond acceptors (Lipinski definition) is 6. The molecule has 7 nitrogen and oxygen atoms in total. The second-order valence-electron chi connectivity index (χ2n) is 6.84. The van der Waals surface area contributed by atoms with Crippen LogP contribution in [-0.2, 0) is 20.9 Å². The molecule has 0 unspecified atom stereocenters. The van der Waals surface area contributed by atoms with Crippen LogP contribution in [-0.4, -0.2) is 37.7 Å². The summed E-state index contributed by atoms with van der Waals surface area (Å²) in [5.74, 6) is 0.0337. The number of amides is 1. The summed E-state index contributed by atoms with van der Waals surface area (Å²) < 4.78 is 23.3. The molecule has 0 aromatic heterocycles. The SMILES string of the molecule is CCOc1cc(/C=N\NC(=O)CC2(C)OCCO2)cc(Br)c1OCc1ccccc1. The Hall–Kier alpha value is -2.42. The number of benzene rings is 2. The maximum absolute atomic E-state index is 12.1. The van der Waals surface area contributed by atoms with E-state index in [-0.39, 0.29) is 12.3 Å². The van der Waals surface area contributed by atoms with Gasteiger partial charge in [-0.05, 0) is 53.0 Å². The van der Waals surface area contributed by atoms with Gasteiger partial charge in [0, 0.05) is 0 Å². The second kappa shape index (κ2) is 10.6. The Morgan fingerprint density at radius 3 is 2.67 bits per heavy atom. The minimum Gasteiger partial charge on any atom is -0.490 e. The van der Waals surface area contributed by atoms with Crippen molar-refractivity contribution >= 4 is 28.1 Å². The molecule has 0 saturated carbocycles. The van der Waals surface area contributed by atoms with Crippen LogP contribution in [0.25, 0.3) is 0 Å². The predicted octanol–water partition coefficient (Wildman–Crippen LogP) is 4.03. The second-order valence-corrected chi connectivity index (χ2v) is 7.69. The average Bonchev–Trinajstić information content (AvgIpc) is 3.14. The summed E-state index contributed by atoms with van der Waals surface area (Å²) in [6, 6.07) is 13.6. The van der Waals surface area contributed by atoms with Gasteiger partial charge in [0.25, 0.3) is 0 Å². The highest BCUT2D eigenvalue weighted by molar-refractivity contribution is 9.10. The van der Waals surface area contributed by atoms with E-state index in [0.717, 1.165) is 15.6 Å². The monoisotopic (exact) mass is 476 g/mol. The van der Waals surface area contributed by atoms with E-state index in [9.17, 15) is 4.79 Å². The zero-order valence-electron chi connectivity index (χ0n) is 17.0. The van der Waals surface area contributed by atoms with Gasteiger partial charge in [0.05, 0.1) is 36.9 Å². The minimum atomic E-state index is -0.886. The largest absolute Gasteiger partial charge is 0.490 e. The summed E-state index contributed by atoms with van der Waals surface area (Å²) in [5, 5.41) is 4.03. The van der Waals surface area contributed by atoms with E-state index < -0.39 is 5.79 Å². The molecule has 1 saturated heterocycles. The molecule has 160 valence electrons. The zero-order chi connectivity index (χ0) is 21.4. The van der Waals surface area contributed by atoms with Crippen LogP contribution < -0.4 is 14.9 Å². The normalized spacial score (nSPS) is 15.3. The molecule has 0 atom stereocenters. The fraction of sp³-hybridized carbons (Fsp3) is 0.364. The van der Waals surface area contributed by atoms with Gasteiger partial charge >= 0.3 is 0 Å². The van der Waals surface area contributed by atoms with Crippen LogP contribution >= 0.6 is 15.9 Å². The van der Waals surface area contributed by atoms with Gasteiger partial charge in [-0.15, -0.1) is 0 Å². The molecule has 0 aliphatic carbocycles. The number of nitrogens with zero attached hydrogens (tertiary/aromatic N) is 1. The Balaban J connectivity index is 1.64. The van der Waals surface area contributed by atoms with Gasteiger partial charge in [0.2, 0.25) is 5.91 Å². The van der Waals surface area contributed by atoms with Crippen molar-refractivity contribution in [3.05, 3.63) is 58.1 Å². The quantitative estimate of drug-likeness (QED) is 0.436. The molecule has 30 heavy (non-hydrogen) atoms. The van der Waals surface area contributed by atoms with Gasteiger partial charge in [-0.2, -0.15) is 5.10 Å². The number of halogens is 1. The first-order chi connectivity index (χ1) is 14.5. The predicted molar refractivity (Wildman–Crippen MR) is 117 cm³/mol. The van der Waals surface area contributed by atoms with Crippen molar-refractivity contribution in [2.45, 2.75) is 32.7 Å².